The first-order valence-corrected chi connectivity index (χ1v) is 7.99. The van der Waals surface area contributed by atoms with E-state index in [2.05, 4.69) is 35.1 Å². The molecule has 0 aliphatic heterocycles. The summed E-state index contributed by atoms with van der Waals surface area (Å²) in [4.78, 5) is 9.96. The molecule has 0 atom stereocenters. The van der Waals surface area contributed by atoms with Crippen molar-refractivity contribution >= 4 is 17.4 Å². The van der Waals surface area contributed by atoms with Crippen molar-refractivity contribution in [2.75, 3.05) is 12.4 Å². The summed E-state index contributed by atoms with van der Waals surface area (Å²) < 4.78 is 7.71. The number of rotatable bonds is 5. The standard InChI is InChI=1S/C16H17N3OS/c1-3-20-15-9-12(21-4-2)5-6-13(15)14-10-19-11-17-8-7-16(19)18-14/h5-11H,3-4H2,1-2H3. The van der Waals surface area contributed by atoms with Gasteiger partial charge in [-0.15, -0.1) is 11.8 Å². The Kier molecular flexibility index (Phi) is 4.10. The van der Waals surface area contributed by atoms with E-state index in [1.54, 1.807) is 12.5 Å². The van der Waals surface area contributed by atoms with Crippen molar-refractivity contribution in [1.82, 2.24) is 14.4 Å². The topological polar surface area (TPSA) is 39.4 Å². The molecule has 0 bridgehead atoms. The molecular formula is C16H17N3OS. The number of hydrogen-bond donors (Lipinski definition) is 0. The average Bonchev–Trinajstić information content (AvgIpc) is 2.92. The van der Waals surface area contributed by atoms with Gasteiger partial charge in [0, 0.05) is 22.9 Å². The normalized spacial score (nSPS) is 11.0. The first-order valence-electron chi connectivity index (χ1n) is 7.00. The summed E-state index contributed by atoms with van der Waals surface area (Å²) in [6, 6.07) is 8.19. The first-order chi connectivity index (χ1) is 10.3. The Morgan fingerprint density at radius 3 is 2.90 bits per heavy atom. The van der Waals surface area contributed by atoms with Gasteiger partial charge >= 0.3 is 0 Å². The van der Waals surface area contributed by atoms with Gasteiger partial charge in [0.15, 0.2) is 0 Å². The number of benzene rings is 1. The van der Waals surface area contributed by atoms with E-state index in [1.165, 1.54) is 4.90 Å². The minimum Gasteiger partial charge on any atom is -0.493 e. The molecule has 0 radical (unpaired) electrons. The van der Waals surface area contributed by atoms with E-state index < -0.39 is 0 Å². The lowest BCUT2D eigenvalue weighted by atomic mass is 10.1. The van der Waals surface area contributed by atoms with Gasteiger partial charge in [-0.2, -0.15) is 0 Å². The van der Waals surface area contributed by atoms with E-state index >= 15 is 0 Å². The Labute approximate surface area is 128 Å². The van der Waals surface area contributed by atoms with Crippen molar-refractivity contribution in [3.05, 3.63) is 43.0 Å². The number of hydrogen-bond acceptors (Lipinski definition) is 4. The number of fused-ring (bicyclic) bond motifs is 1. The fourth-order valence-electron chi connectivity index (χ4n) is 2.22. The average molecular weight is 299 g/mol. The third-order valence-electron chi connectivity index (χ3n) is 3.10. The number of thioether (sulfide) groups is 1. The molecule has 0 fully saturated rings. The minimum absolute atomic E-state index is 0.641. The third kappa shape index (κ3) is 2.88. The Hall–Kier alpha value is -2.01. The van der Waals surface area contributed by atoms with Crippen LogP contribution in [-0.4, -0.2) is 26.7 Å². The van der Waals surface area contributed by atoms with E-state index in [1.807, 2.05) is 35.3 Å². The molecule has 0 aliphatic rings. The van der Waals surface area contributed by atoms with Crippen LogP contribution in [0.2, 0.25) is 0 Å². The van der Waals surface area contributed by atoms with Gasteiger partial charge in [-0.1, -0.05) is 6.92 Å². The van der Waals surface area contributed by atoms with Crippen molar-refractivity contribution in [2.45, 2.75) is 18.7 Å². The molecule has 0 N–H and O–H groups in total. The highest BCUT2D eigenvalue weighted by molar-refractivity contribution is 7.99. The van der Waals surface area contributed by atoms with Gasteiger partial charge in [0.25, 0.3) is 0 Å². The molecule has 3 aromatic rings. The maximum Gasteiger partial charge on any atom is 0.140 e. The van der Waals surface area contributed by atoms with Crippen LogP contribution in [0, 0.1) is 0 Å². The molecule has 2 heterocycles. The van der Waals surface area contributed by atoms with E-state index in [-0.39, 0.29) is 0 Å². The molecule has 2 aromatic heterocycles. The second-order valence-corrected chi connectivity index (χ2v) is 5.83. The van der Waals surface area contributed by atoms with E-state index in [9.17, 15) is 0 Å². The predicted molar refractivity (Wildman–Crippen MR) is 86.0 cm³/mol. The molecule has 108 valence electrons. The molecule has 0 saturated heterocycles. The van der Waals surface area contributed by atoms with Gasteiger partial charge in [0.2, 0.25) is 0 Å². The Balaban J connectivity index is 2.07. The molecule has 4 nitrogen and oxygen atoms in total. The molecule has 0 unspecified atom stereocenters. The minimum atomic E-state index is 0.641. The zero-order valence-corrected chi connectivity index (χ0v) is 12.9. The number of aromatic nitrogens is 3. The van der Waals surface area contributed by atoms with Crippen molar-refractivity contribution < 1.29 is 4.74 Å². The van der Waals surface area contributed by atoms with Crippen LogP contribution in [-0.2, 0) is 0 Å². The molecular weight excluding hydrogens is 282 g/mol. The first kappa shape index (κ1) is 13.9. The van der Waals surface area contributed by atoms with Gasteiger partial charge in [-0.3, -0.25) is 4.40 Å². The maximum atomic E-state index is 5.80. The maximum absolute atomic E-state index is 5.80. The smallest absolute Gasteiger partial charge is 0.140 e. The molecule has 0 aliphatic carbocycles. The van der Waals surface area contributed by atoms with Gasteiger partial charge in [0.1, 0.15) is 17.7 Å². The van der Waals surface area contributed by atoms with Crippen molar-refractivity contribution in [3.8, 4) is 17.0 Å². The molecule has 21 heavy (non-hydrogen) atoms. The van der Waals surface area contributed by atoms with Gasteiger partial charge < -0.3 is 4.74 Å². The highest BCUT2D eigenvalue weighted by Crippen LogP contribution is 2.33. The lowest BCUT2D eigenvalue weighted by molar-refractivity contribution is 0.341. The number of imidazole rings is 1. The zero-order chi connectivity index (χ0) is 14.7. The van der Waals surface area contributed by atoms with E-state index in [0.29, 0.717) is 6.61 Å². The Morgan fingerprint density at radius 2 is 2.14 bits per heavy atom. The Bertz CT molecular complexity index is 721. The van der Waals surface area contributed by atoms with Crippen LogP contribution in [0.1, 0.15) is 13.8 Å². The number of ether oxygens (including phenoxy) is 1. The largest absolute Gasteiger partial charge is 0.493 e. The van der Waals surface area contributed by atoms with Crippen molar-refractivity contribution in [2.24, 2.45) is 0 Å². The summed E-state index contributed by atoms with van der Waals surface area (Å²) in [5.74, 6) is 1.93. The third-order valence-corrected chi connectivity index (χ3v) is 3.98. The molecule has 0 amide bonds. The summed E-state index contributed by atoms with van der Waals surface area (Å²) in [6.07, 6.45) is 5.48. The van der Waals surface area contributed by atoms with Crippen LogP contribution in [0.3, 0.4) is 0 Å². The van der Waals surface area contributed by atoms with Gasteiger partial charge in [0.05, 0.1) is 12.3 Å². The molecule has 5 heteroatoms. The highest BCUT2D eigenvalue weighted by Gasteiger charge is 2.11. The van der Waals surface area contributed by atoms with Crippen LogP contribution in [0.4, 0.5) is 0 Å². The molecule has 1 aromatic carbocycles. The summed E-state index contributed by atoms with van der Waals surface area (Å²) in [7, 11) is 0. The van der Waals surface area contributed by atoms with Crippen LogP contribution in [0.15, 0.2) is 47.9 Å². The summed E-state index contributed by atoms with van der Waals surface area (Å²) in [5, 5.41) is 0. The summed E-state index contributed by atoms with van der Waals surface area (Å²) in [6.45, 7) is 4.78. The Morgan fingerprint density at radius 1 is 1.24 bits per heavy atom. The predicted octanol–water partition coefficient (Wildman–Crippen LogP) is 3.91. The van der Waals surface area contributed by atoms with Crippen LogP contribution >= 0.6 is 11.8 Å². The van der Waals surface area contributed by atoms with Crippen molar-refractivity contribution in [3.63, 3.8) is 0 Å². The lowest BCUT2D eigenvalue weighted by Gasteiger charge is -2.10. The van der Waals surface area contributed by atoms with Gasteiger partial charge in [-0.25, -0.2) is 9.97 Å². The highest BCUT2D eigenvalue weighted by atomic mass is 32.2. The summed E-state index contributed by atoms with van der Waals surface area (Å²) in [5.41, 5.74) is 2.80. The quantitative estimate of drug-likeness (QED) is 0.670. The van der Waals surface area contributed by atoms with E-state index in [4.69, 9.17) is 4.74 Å². The molecule has 3 rings (SSSR count). The molecule has 0 saturated carbocycles. The fourth-order valence-corrected chi connectivity index (χ4v) is 2.91. The van der Waals surface area contributed by atoms with Crippen molar-refractivity contribution in [1.29, 1.82) is 0 Å². The van der Waals surface area contributed by atoms with E-state index in [0.717, 1.165) is 28.4 Å². The second kappa shape index (κ2) is 6.18. The number of nitrogens with zero attached hydrogens (tertiary/aromatic N) is 3. The van der Waals surface area contributed by atoms with Crippen LogP contribution in [0.25, 0.3) is 16.9 Å². The van der Waals surface area contributed by atoms with Crippen LogP contribution < -0.4 is 4.74 Å². The molecule has 0 spiro atoms. The fraction of sp³-hybridized carbons (Fsp3) is 0.250. The summed E-state index contributed by atoms with van der Waals surface area (Å²) >= 11 is 1.81. The lowest BCUT2D eigenvalue weighted by Crippen LogP contribution is -1.94. The van der Waals surface area contributed by atoms with Crippen LogP contribution in [0.5, 0.6) is 5.75 Å². The monoisotopic (exact) mass is 299 g/mol. The second-order valence-electron chi connectivity index (χ2n) is 4.50. The zero-order valence-electron chi connectivity index (χ0n) is 12.1. The SMILES string of the molecule is CCOc1cc(SCC)ccc1-c1cn2cnccc2n1. The van der Waals surface area contributed by atoms with Gasteiger partial charge in [-0.05, 0) is 36.9 Å².